The molecule has 6 nitrogen and oxygen atoms in total. The molecule has 1 aromatic carbocycles. The van der Waals surface area contributed by atoms with Crippen LogP contribution in [-0.4, -0.2) is 25.6 Å². The van der Waals surface area contributed by atoms with Crippen LogP contribution in [0, 0.1) is 11.6 Å². The van der Waals surface area contributed by atoms with E-state index >= 15 is 0 Å². The largest absolute Gasteiger partial charge is 0.433 e. The van der Waals surface area contributed by atoms with Crippen LogP contribution < -0.4 is 10.0 Å². The zero-order valence-corrected chi connectivity index (χ0v) is 18.0. The lowest BCUT2D eigenvalue weighted by Crippen LogP contribution is -2.21. The maximum absolute atomic E-state index is 14.0. The first-order valence-electron chi connectivity index (χ1n) is 9.17. The van der Waals surface area contributed by atoms with Gasteiger partial charge in [0.05, 0.1) is 11.9 Å². The SMILES string of the molecule is CC(C)c1nc(C(F)(F)F)ccc1C=CC(=O)NCc1cc(F)c(NS(C)(=O)=O)c(F)c1. The van der Waals surface area contributed by atoms with E-state index in [1.807, 2.05) is 0 Å². The van der Waals surface area contributed by atoms with E-state index in [-0.39, 0.29) is 23.7 Å². The van der Waals surface area contributed by atoms with Gasteiger partial charge in [-0.15, -0.1) is 0 Å². The fourth-order valence-electron chi connectivity index (χ4n) is 2.67. The quantitative estimate of drug-likeness (QED) is 0.462. The number of nitrogens with zero attached hydrogens (tertiary/aromatic N) is 1. The van der Waals surface area contributed by atoms with E-state index in [2.05, 4.69) is 10.3 Å². The van der Waals surface area contributed by atoms with Crippen molar-refractivity contribution in [2.75, 3.05) is 11.0 Å². The molecule has 0 bridgehead atoms. The number of carbonyl (C=O) groups excluding carboxylic acids is 1. The molecule has 0 unspecified atom stereocenters. The second-order valence-corrected chi connectivity index (χ2v) is 8.93. The predicted octanol–water partition coefficient (Wildman–Crippen LogP) is 4.20. The maximum Gasteiger partial charge on any atom is 0.433 e. The fraction of sp³-hybridized carbons (Fsp3) is 0.300. The molecule has 0 saturated heterocycles. The lowest BCUT2D eigenvalue weighted by atomic mass is 10.0. The Morgan fingerprint density at radius 1 is 1.16 bits per heavy atom. The third-order valence-corrected chi connectivity index (χ3v) is 4.64. The Hall–Kier alpha value is -3.02. The average Bonchev–Trinajstić information content (AvgIpc) is 2.65. The number of anilines is 1. The zero-order valence-electron chi connectivity index (χ0n) is 17.2. The highest BCUT2D eigenvalue weighted by atomic mass is 32.2. The van der Waals surface area contributed by atoms with Gasteiger partial charge in [0.1, 0.15) is 11.4 Å². The van der Waals surface area contributed by atoms with Crippen molar-refractivity contribution in [3.05, 3.63) is 64.5 Å². The van der Waals surface area contributed by atoms with Gasteiger partial charge in [-0.25, -0.2) is 22.2 Å². The number of hydrogen-bond acceptors (Lipinski definition) is 4. The van der Waals surface area contributed by atoms with E-state index in [1.165, 1.54) is 12.1 Å². The second kappa shape index (κ2) is 9.63. The van der Waals surface area contributed by atoms with Crippen molar-refractivity contribution < 1.29 is 35.2 Å². The third-order valence-electron chi connectivity index (χ3n) is 4.07. The van der Waals surface area contributed by atoms with Gasteiger partial charge in [-0.3, -0.25) is 9.52 Å². The highest BCUT2D eigenvalue weighted by molar-refractivity contribution is 7.92. The Morgan fingerprint density at radius 3 is 2.25 bits per heavy atom. The number of hydrogen-bond donors (Lipinski definition) is 2. The highest BCUT2D eigenvalue weighted by Gasteiger charge is 2.33. The topological polar surface area (TPSA) is 88.2 Å². The molecule has 0 aliphatic heterocycles. The molecule has 0 atom stereocenters. The normalized spacial score (nSPS) is 12.4. The van der Waals surface area contributed by atoms with Crippen LogP contribution in [-0.2, 0) is 27.5 Å². The number of rotatable bonds is 7. The van der Waals surface area contributed by atoms with Crippen LogP contribution in [0.25, 0.3) is 6.08 Å². The third kappa shape index (κ3) is 7.01. The van der Waals surface area contributed by atoms with Gasteiger partial charge in [-0.1, -0.05) is 19.9 Å². The molecule has 1 heterocycles. The smallest absolute Gasteiger partial charge is 0.348 e. The number of nitrogens with one attached hydrogen (secondary N) is 2. The molecule has 1 amide bonds. The van der Waals surface area contributed by atoms with Gasteiger partial charge in [0.2, 0.25) is 15.9 Å². The average molecular weight is 477 g/mol. The van der Waals surface area contributed by atoms with Gasteiger partial charge in [0.15, 0.2) is 11.6 Å². The number of carbonyl (C=O) groups is 1. The molecule has 0 aliphatic carbocycles. The van der Waals surface area contributed by atoms with Crippen molar-refractivity contribution in [2.24, 2.45) is 0 Å². The van der Waals surface area contributed by atoms with Crippen LogP contribution in [0.15, 0.2) is 30.3 Å². The summed E-state index contributed by atoms with van der Waals surface area (Å²) in [7, 11) is -3.89. The first-order chi connectivity index (χ1) is 14.7. The number of alkyl halides is 3. The van der Waals surface area contributed by atoms with Crippen LogP contribution in [0.3, 0.4) is 0 Å². The first kappa shape index (κ1) is 25.2. The van der Waals surface area contributed by atoms with Gasteiger partial charge in [-0.05, 0) is 41.3 Å². The van der Waals surface area contributed by atoms with Crippen molar-refractivity contribution >= 4 is 27.7 Å². The van der Waals surface area contributed by atoms with Crippen molar-refractivity contribution in [3.63, 3.8) is 0 Å². The molecular weight excluding hydrogens is 457 g/mol. The minimum absolute atomic E-state index is 0.0277. The number of benzene rings is 1. The zero-order chi connectivity index (χ0) is 24.3. The monoisotopic (exact) mass is 477 g/mol. The first-order valence-corrected chi connectivity index (χ1v) is 11.1. The van der Waals surface area contributed by atoms with Gasteiger partial charge in [0, 0.05) is 12.6 Å². The van der Waals surface area contributed by atoms with Crippen molar-refractivity contribution in [3.8, 4) is 0 Å². The van der Waals surface area contributed by atoms with Crippen LogP contribution >= 0.6 is 0 Å². The van der Waals surface area contributed by atoms with Crippen molar-refractivity contribution in [1.82, 2.24) is 10.3 Å². The molecular formula is C20H20F5N3O3S. The predicted molar refractivity (Wildman–Crippen MR) is 109 cm³/mol. The lowest BCUT2D eigenvalue weighted by molar-refractivity contribution is -0.141. The fourth-order valence-corrected chi connectivity index (χ4v) is 3.24. The molecule has 2 N–H and O–H groups in total. The highest BCUT2D eigenvalue weighted by Crippen LogP contribution is 2.30. The number of sulfonamides is 1. The standard InChI is InChI=1S/C20H20F5N3O3S/c1-11(2)18-13(4-6-16(27-18)20(23,24)25)5-7-17(29)26-10-12-8-14(21)19(15(22)9-12)28-32(3,30)31/h4-9,11,28H,10H2,1-3H3,(H,26,29). The summed E-state index contributed by atoms with van der Waals surface area (Å²) in [5.74, 6) is -3.33. The van der Waals surface area contributed by atoms with Crippen molar-refractivity contribution in [1.29, 1.82) is 0 Å². The second-order valence-electron chi connectivity index (χ2n) is 7.18. The molecule has 0 radical (unpaired) electrons. The number of aromatic nitrogens is 1. The van der Waals surface area contributed by atoms with E-state index in [0.717, 1.165) is 30.5 Å². The molecule has 0 aliphatic rings. The Bertz CT molecular complexity index is 1120. The summed E-state index contributed by atoms with van der Waals surface area (Å²) in [5, 5.41) is 2.38. The lowest BCUT2D eigenvalue weighted by Gasteiger charge is -2.13. The summed E-state index contributed by atoms with van der Waals surface area (Å²) in [6, 6.07) is 3.72. The van der Waals surface area contributed by atoms with Crippen LogP contribution in [0.1, 0.15) is 42.3 Å². The number of halogens is 5. The Labute approximate surface area is 181 Å². The number of pyridine rings is 1. The molecule has 0 saturated carbocycles. The van der Waals surface area contributed by atoms with E-state index in [9.17, 15) is 35.2 Å². The minimum Gasteiger partial charge on any atom is -0.348 e. The van der Waals surface area contributed by atoms with Crippen LogP contribution in [0.2, 0.25) is 0 Å². The van der Waals surface area contributed by atoms with Crippen molar-refractivity contribution in [2.45, 2.75) is 32.5 Å². The van der Waals surface area contributed by atoms with E-state index in [1.54, 1.807) is 18.6 Å². The van der Waals surface area contributed by atoms with E-state index in [0.29, 0.717) is 5.56 Å². The maximum atomic E-state index is 14.0. The summed E-state index contributed by atoms with van der Waals surface area (Å²) in [4.78, 5) is 15.7. The molecule has 12 heteroatoms. The molecule has 0 spiro atoms. The molecule has 2 rings (SSSR count). The molecule has 2 aromatic rings. The van der Waals surface area contributed by atoms with Gasteiger partial charge < -0.3 is 5.32 Å². The van der Waals surface area contributed by atoms with E-state index < -0.39 is 45.1 Å². The molecule has 1 aromatic heterocycles. The van der Waals surface area contributed by atoms with Crippen LogP contribution in [0.5, 0.6) is 0 Å². The summed E-state index contributed by atoms with van der Waals surface area (Å²) in [6.45, 7) is 3.04. The van der Waals surface area contributed by atoms with E-state index in [4.69, 9.17) is 0 Å². The summed E-state index contributed by atoms with van der Waals surface area (Å²) >= 11 is 0. The van der Waals surface area contributed by atoms with Gasteiger partial charge in [-0.2, -0.15) is 13.2 Å². The minimum atomic E-state index is -4.60. The molecule has 32 heavy (non-hydrogen) atoms. The van der Waals surface area contributed by atoms with Crippen LogP contribution in [0.4, 0.5) is 27.6 Å². The molecule has 174 valence electrons. The Kier molecular flexibility index (Phi) is 7.60. The summed E-state index contributed by atoms with van der Waals surface area (Å²) < 4.78 is 90.6. The molecule has 0 fully saturated rings. The van der Waals surface area contributed by atoms with Gasteiger partial charge >= 0.3 is 6.18 Å². The Balaban J connectivity index is 2.12. The Morgan fingerprint density at radius 2 is 1.75 bits per heavy atom. The summed E-state index contributed by atoms with van der Waals surface area (Å²) in [6.07, 6.45) is -1.51. The number of amides is 1. The summed E-state index contributed by atoms with van der Waals surface area (Å²) in [5.41, 5.74) is -1.38. The van der Waals surface area contributed by atoms with Gasteiger partial charge in [0.25, 0.3) is 0 Å².